The number of nitrogens with one attached hydrogen (secondary N) is 2. The van der Waals surface area contributed by atoms with Gasteiger partial charge in [-0.05, 0) is 127 Å². The van der Waals surface area contributed by atoms with Crippen LogP contribution in [0.2, 0.25) is 10.0 Å². The molecule has 0 unspecified atom stereocenters. The van der Waals surface area contributed by atoms with E-state index in [4.69, 9.17) is 44.1 Å². The third-order valence-electron chi connectivity index (χ3n) is 11.8. The summed E-state index contributed by atoms with van der Waals surface area (Å²) in [5.41, 5.74) is 11.7. The lowest BCUT2D eigenvalue weighted by atomic mass is 9.79. The second kappa shape index (κ2) is 19.2. The van der Waals surface area contributed by atoms with Gasteiger partial charge in [0.05, 0.1) is 33.8 Å². The molecule has 0 atom stereocenters. The summed E-state index contributed by atoms with van der Waals surface area (Å²) in [6.07, 6.45) is 15.5. The van der Waals surface area contributed by atoms with Gasteiger partial charge in [0.15, 0.2) is 0 Å². The molecule has 52 heavy (non-hydrogen) atoms. The average molecular weight is 768 g/mol. The minimum Gasteiger partial charge on any atom is -0.381 e. The molecule has 6 rings (SSSR count). The topological polar surface area (TPSA) is 154 Å². The van der Waals surface area contributed by atoms with Gasteiger partial charge in [-0.1, -0.05) is 23.2 Å². The molecule has 6 N–H and O–H groups in total. The maximum absolute atomic E-state index is 13.2. The summed E-state index contributed by atoms with van der Waals surface area (Å²) in [7, 11) is 0. The maximum atomic E-state index is 13.2. The molecule has 0 spiro atoms. The van der Waals surface area contributed by atoms with E-state index in [1.165, 1.54) is 24.5 Å². The first-order valence-corrected chi connectivity index (χ1v) is 19.6. The zero-order valence-electron chi connectivity index (χ0n) is 30.0. The fourth-order valence-corrected chi connectivity index (χ4v) is 9.01. The van der Waals surface area contributed by atoms with Crippen LogP contribution in [-0.2, 0) is 19.1 Å². The molecule has 2 saturated heterocycles. The number of aromatic nitrogens is 2. The van der Waals surface area contributed by atoms with Gasteiger partial charge in [-0.15, -0.1) is 0 Å². The summed E-state index contributed by atoms with van der Waals surface area (Å²) in [5.74, 6) is 0.498. The second-order valence-electron chi connectivity index (χ2n) is 15.0. The van der Waals surface area contributed by atoms with Crippen LogP contribution in [0.25, 0.3) is 0 Å². The van der Waals surface area contributed by atoms with Crippen LogP contribution < -0.4 is 22.1 Å². The van der Waals surface area contributed by atoms with E-state index in [0.29, 0.717) is 85.8 Å². The lowest BCUT2D eigenvalue weighted by Crippen LogP contribution is -2.58. The van der Waals surface area contributed by atoms with Crippen LogP contribution in [0.3, 0.4) is 0 Å². The molecule has 4 fully saturated rings. The second-order valence-corrected chi connectivity index (χ2v) is 15.8. The van der Waals surface area contributed by atoms with Gasteiger partial charge < -0.3 is 31.6 Å². The van der Waals surface area contributed by atoms with Crippen LogP contribution in [0.15, 0.2) is 24.5 Å². The number of rotatable bonds is 12. The lowest BCUT2D eigenvalue weighted by molar-refractivity contribution is -0.129. The first-order valence-electron chi connectivity index (χ1n) is 18.9. The molecule has 0 aromatic carbocycles. The zero-order valence-corrected chi connectivity index (χ0v) is 31.5. The first-order chi connectivity index (χ1) is 25.0. The highest BCUT2D eigenvalue weighted by Gasteiger charge is 2.39. The number of carbonyl (C=O) groups excluding carboxylic acids is 2. The number of hydrogen-bond donors (Lipinski definition) is 4. The van der Waals surface area contributed by atoms with E-state index in [1.54, 1.807) is 0 Å². The number of pyridine rings is 2. The minimum absolute atomic E-state index is 0.276. The summed E-state index contributed by atoms with van der Waals surface area (Å²) in [6, 6.07) is 2.69. The Bertz CT molecular complexity index is 1370. The Morgan fingerprint density at radius 3 is 1.33 bits per heavy atom. The Morgan fingerprint density at radius 2 is 1.02 bits per heavy atom. The van der Waals surface area contributed by atoms with E-state index >= 15 is 0 Å². The van der Waals surface area contributed by atoms with Gasteiger partial charge in [-0.2, -0.15) is 0 Å². The molecule has 288 valence electrons. The highest BCUT2D eigenvalue weighted by Crippen LogP contribution is 2.40. The summed E-state index contributed by atoms with van der Waals surface area (Å²) < 4.78 is 37.0. The third kappa shape index (κ3) is 10.8. The number of amides is 2. The normalized spacial score (nSPS) is 25.8. The van der Waals surface area contributed by atoms with Gasteiger partial charge >= 0.3 is 0 Å². The van der Waals surface area contributed by atoms with Crippen molar-refractivity contribution in [2.75, 3.05) is 39.5 Å². The van der Waals surface area contributed by atoms with E-state index in [1.807, 2.05) is 0 Å². The molecule has 2 amide bonds. The van der Waals surface area contributed by atoms with Crippen LogP contribution in [0.4, 0.5) is 8.78 Å². The number of nitrogens with two attached hydrogens (primary N) is 2. The van der Waals surface area contributed by atoms with Gasteiger partial charge in [0.1, 0.15) is 22.7 Å². The molecule has 2 saturated carbocycles. The molecular formula is C38H54Cl2F2N6O4. The molecule has 2 aromatic rings. The zero-order chi connectivity index (χ0) is 37.1. The Hall–Kier alpha value is -2.48. The molecule has 2 aromatic heterocycles. The summed E-state index contributed by atoms with van der Waals surface area (Å²) in [6.45, 7) is 3.87. The van der Waals surface area contributed by atoms with Crippen molar-refractivity contribution in [3.05, 3.63) is 57.6 Å². The molecule has 4 aliphatic rings. The standard InChI is InChI=1S/2C19H27ClFN3O2/c2*20-16-11-15(21)12-23-17(16)14-3-1-13(2-4-14)5-8-24-19(18(22)25)6-9-26-10-7-19/h2*11-14,24H,1-10H2,(H2,22,25). The number of halogens is 4. The van der Waals surface area contributed by atoms with Crippen LogP contribution >= 0.6 is 23.2 Å². The van der Waals surface area contributed by atoms with Crippen LogP contribution in [0.1, 0.15) is 113 Å². The third-order valence-corrected chi connectivity index (χ3v) is 12.4. The maximum Gasteiger partial charge on any atom is 0.237 e. The molecule has 2 aliphatic carbocycles. The van der Waals surface area contributed by atoms with Crippen molar-refractivity contribution in [1.29, 1.82) is 0 Å². The van der Waals surface area contributed by atoms with E-state index in [0.717, 1.165) is 88.7 Å². The molecule has 4 heterocycles. The quantitative estimate of drug-likeness (QED) is 0.196. The van der Waals surface area contributed by atoms with Gasteiger partial charge in [-0.25, -0.2) is 8.78 Å². The Balaban J connectivity index is 0.000000201. The van der Waals surface area contributed by atoms with E-state index in [9.17, 15) is 18.4 Å². The Labute approximate surface area is 315 Å². The van der Waals surface area contributed by atoms with Crippen molar-refractivity contribution in [2.24, 2.45) is 23.3 Å². The van der Waals surface area contributed by atoms with E-state index < -0.39 is 22.7 Å². The van der Waals surface area contributed by atoms with Crippen molar-refractivity contribution >= 4 is 35.0 Å². The summed E-state index contributed by atoms with van der Waals surface area (Å²) >= 11 is 12.3. The number of primary amides is 2. The molecular weight excluding hydrogens is 713 g/mol. The van der Waals surface area contributed by atoms with Crippen LogP contribution in [0, 0.1) is 23.5 Å². The van der Waals surface area contributed by atoms with Crippen LogP contribution in [-0.4, -0.2) is 72.4 Å². The van der Waals surface area contributed by atoms with Crippen molar-refractivity contribution in [1.82, 2.24) is 20.6 Å². The fourth-order valence-electron chi connectivity index (χ4n) is 8.39. The summed E-state index contributed by atoms with van der Waals surface area (Å²) in [5, 5.41) is 7.68. The van der Waals surface area contributed by atoms with Gasteiger partial charge in [0.2, 0.25) is 11.8 Å². The van der Waals surface area contributed by atoms with Crippen molar-refractivity contribution in [3.63, 3.8) is 0 Å². The van der Waals surface area contributed by atoms with Gasteiger partial charge in [0, 0.05) is 38.3 Å². The molecule has 10 nitrogen and oxygen atoms in total. The molecule has 14 heteroatoms. The van der Waals surface area contributed by atoms with Crippen molar-refractivity contribution in [3.8, 4) is 0 Å². The molecule has 0 bridgehead atoms. The largest absolute Gasteiger partial charge is 0.381 e. The molecule has 0 radical (unpaired) electrons. The smallest absolute Gasteiger partial charge is 0.237 e. The van der Waals surface area contributed by atoms with E-state index in [-0.39, 0.29) is 11.8 Å². The predicted octanol–water partition coefficient (Wildman–Crippen LogP) is 6.32. The molecule has 2 aliphatic heterocycles. The van der Waals surface area contributed by atoms with Gasteiger partial charge in [0.25, 0.3) is 0 Å². The van der Waals surface area contributed by atoms with Crippen molar-refractivity contribution < 1.29 is 27.8 Å². The van der Waals surface area contributed by atoms with Crippen molar-refractivity contribution in [2.45, 2.75) is 113 Å². The SMILES string of the molecule is NC(=O)C1(NCCC2CCC(c3ncc(F)cc3Cl)CC2)CCOCC1.NC(=O)C1(NCCC2CCC(c3ncc(F)cc3Cl)CC2)CCOCC1. The summed E-state index contributed by atoms with van der Waals surface area (Å²) in [4.78, 5) is 32.1. The highest BCUT2D eigenvalue weighted by atomic mass is 35.5. The number of ether oxygens (including phenoxy) is 2. The van der Waals surface area contributed by atoms with E-state index in [2.05, 4.69) is 20.6 Å². The monoisotopic (exact) mass is 766 g/mol. The number of hydrogen-bond acceptors (Lipinski definition) is 8. The highest BCUT2D eigenvalue weighted by molar-refractivity contribution is 6.31. The minimum atomic E-state index is -0.610. The average Bonchev–Trinajstić information content (AvgIpc) is 3.13. The number of nitrogens with zero attached hydrogens (tertiary/aromatic N) is 2. The predicted molar refractivity (Wildman–Crippen MR) is 197 cm³/mol. The lowest BCUT2D eigenvalue weighted by Gasteiger charge is -2.36. The fraction of sp³-hybridized carbons (Fsp3) is 0.684. The van der Waals surface area contributed by atoms with Gasteiger partial charge in [-0.3, -0.25) is 19.6 Å². The Morgan fingerprint density at radius 1 is 0.673 bits per heavy atom. The number of carbonyl (C=O) groups is 2. The van der Waals surface area contributed by atoms with Crippen LogP contribution in [0.5, 0.6) is 0 Å². The first kappa shape index (κ1) is 40.7. The Kier molecular flexibility index (Phi) is 15.0.